The number of nitrogens with one attached hydrogen (secondary N) is 1. The third-order valence-corrected chi connectivity index (χ3v) is 4.86. The number of hydrogen-bond donors (Lipinski definition) is 1. The lowest BCUT2D eigenvalue weighted by molar-refractivity contribution is 0.150. The highest BCUT2D eigenvalue weighted by Gasteiger charge is 2.25. The van der Waals surface area contributed by atoms with Crippen molar-refractivity contribution >= 4 is 29.9 Å². The number of guanidine groups is 1. The van der Waals surface area contributed by atoms with Gasteiger partial charge in [0.05, 0.1) is 18.8 Å². The third kappa shape index (κ3) is 5.12. The minimum absolute atomic E-state index is 0. The summed E-state index contributed by atoms with van der Waals surface area (Å²) in [5, 5.41) is 3.45. The number of halogens is 1. The van der Waals surface area contributed by atoms with Crippen LogP contribution in [0.5, 0.6) is 0 Å². The predicted octanol–water partition coefficient (Wildman–Crippen LogP) is 3.49. The van der Waals surface area contributed by atoms with Crippen molar-refractivity contribution < 1.29 is 4.42 Å². The van der Waals surface area contributed by atoms with Gasteiger partial charge in [-0.25, -0.2) is 0 Å². The molecule has 0 aromatic carbocycles. The van der Waals surface area contributed by atoms with E-state index in [9.17, 15) is 0 Å². The van der Waals surface area contributed by atoms with E-state index in [1.54, 1.807) is 6.26 Å². The lowest BCUT2D eigenvalue weighted by atomic mass is 10.1. The first-order chi connectivity index (χ1) is 11.4. The number of nitrogens with zero attached hydrogens (tertiary/aromatic N) is 3. The molecule has 3 rings (SSSR count). The number of aliphatic imine (C=N–C) groups is 1. The molecule has 0 saturated carbocycles. The SMILES string of the molecule is CCNC(=NCC(c1ccco1)N1CCCCC1)N1CCCC1.I. The molecule has 2 saturated heterocycles. The van der Waals surface area contributed by atoms with Crippen LogP contribution in [0.4, 0.5) is 0 Å². The highest BCUT2D eigenvalue weighted by Crippen LogP contribution is 2.25. The van der Waals surface area contributed by atoms with E-state index in [0.29, 0.717) is 0 Å². The molecule has 1 atom stereocenters. The smallest absolute Gasteiger partial charge is 0.193 e. The Labute approximate surface area is 162 Å². The molecule has 2 fully saturated rings. The molecule has 1 N–H and O–H groups in total. The Morgan fingerprint density at radius 2 is 1.88 bits per heavy atom. The van der Waals surface area contributed by atoms with E-state index in [-0.39, 0.29) is 30.0 Å². The molecule has 0 aliphatic carbocycles. The van der Waals surface area contributed by atoms with E-state index >= 15 is 0 Å². The minimum Gasteiger partial charge on any atom is -0.468 e. The highest BCUT2D eigenvalue weighted by molar-refractivity contribution is 14.0. The predicted molar refractivity (Wildman–Crippen MR) is 109 cm³/mol. The second-order valence-electron chi connectivity index (χ2n) is 6.52. The molecule has 3 heterocycles. The quantitative estimate of drug-likeness (QED) is 0.428. The van der Waals surface area contributed by atoms with Crippen LogP contribution in [0.15, 0.2) is 27.8 Å². The fraction of sp³-hybridized carbons (Fsp3) is 0.722. The molecule has 0 bridgehead atoms. The summed E-state index contributed by atoms with van der Waals surface area (Å²) < 4.78 is 5.72. The summed E-state index contributed by atoms with van der Waals surface area (Å²) in [4.78, 5) is 9.89. The molecule has 0 spiro atoms. The molecule has 2 aliphatic heterocycles. The fourth-order valence-electron chi connectivity index (χ4n) is 3.62. The first kappa shape index (κ1) is 19.6. The fourth-order valence-corrected chi connectivity index (χ4v) is 3.62. The lowest BCUT2D eigenvalue weighted by Gasteiger charge is -2.33. The Hall–Kier alpha value is -0.760. The average molecular weight is 446 g/mol. The molecule has 2 aliphatic rings. The number of piperidine rings is 1. The first-order valence-electron chi connectivity index (χ1n) is 9.19. The van der Waals surface area contributed by atoms with Crippen LogP contribution < -0.4 is 5.32 Å². The molecule has 1 aromatic heterocycles. The van der Waals surface area contributed by atoms with Crippen molar-refractivity contribution in [2.45, 2.75) is 45.1 Å². The number of furan rings is 1. The molecular weight excluding hydrogens is 415 g/mol. The van der Waals surface area contributed by atoms with E-state index in [4.69, 9.17) is 9.41 Å². The maximum Gasteiger partial charge on any atom is 0.193 e. The Kier molecular flexibility index (Phi) is 8.38. The van der Waals surface area contributed by atoms with Crippen LogP contribution in [0.25, 0.3) is 0 Å². The van der Waals surface area contributed by atoms with Gasteiger partial charge in [-0.3, -0.25) is 9.89 Å². The zero-order valence-corrected chi connectivity index (χ0v) is 17.1. The van der Waals surface area contributed by atoms with Gasteiger partial charge in [0.25, 0.3) is 0 Å². The summed E-state index contributed by atoms with van der Waals surface area (Å²) in [6.07, 6.45) is 8.25. The zero-order chi connectivity index (χ0) is 15.9. The Balaban J connectivity index is 0.00000208. The largest absolute Gasteiger partial charge is 0.468 e. The maximum absolute atomic E-state index is 5.72. The molecule has 1 aromatic rings. The van der Waals surface area contributed by atoms with Crippen molar-refractivity contribution in [1.29, 1.82) is 0 Å². The normalized spacial score (nSPS) is 20.7. The lowest BCUT2D eigenvalue weighted by Crippen LogP contribution is -2.41. The van der Waals surface area contributed by atoms with E-state index in [0.717, 1.165) is 51.0 Å². The van der Waals surface area contributed by atoms with Gasteiger partial charge in [-0.1, -0.05) is 6.42 Å². The van der Waals surface area contributed by atoms with Gasteiger partial charge in [0.15, 0.2) is 5.96 Å². The zero-order valence-electron chi connectivity index (χ0n) is 14.7. The molecule has 136 valence electrons. The molecule has 24 heavy (non-hydrogen) atoms. The molecule has 0 amide bonds. The molecular formula is C18H31IN4O. The molecule has 1 unspecified atom stereocenters. The number of rotatable bonds is 5. The van der Waals surface area contributed by atoms with Crippen LogP contribution >= 0.6 is 24.0 Å². The number of likely N-dealkylation sites (tertiary alicyclic amines) is 2. The van der Waals surface area contributed by atoms with Gasteiger partial charge in [0.1, 0.15) is 5.76 Å². The summed E-state index contributed by atoms with van der Waals surface area (Å²) in [5.74, 6) is 2.12. The summed E-state index contributed by atoms with van der Waals surface area (Å²) in [6.45, 7) is 8.39. The van der Waals surface area contributed by atoms with E-state index in [1.165, 1.54) is 32.1 Å². The van der Waals surface area contributed by atoms with Crippen LogP contribution in [0.1, 0.15) is 50.8 Å². The van der Waals surface area contributed by atoms with Crippen molar-refractivity contribution in [3.05, 3.63) is 24.2 Å². The number of hydrogen-bond acceptors (Lipinski definition) is 3. The monoisotopic (exact) mass is 446 g/mol. The van der Waals surface area contributed by atoms with E-state index in [2.05, 4.69) is 28.1 Å². The standard InChI is InChI=1S/C18H30N4O.HI/c1-2-19-18(22-12-6-7-13-22)20-15-16(17-9-8-14-23-17)21-10-4-3-5-11-21;/h8-9,14,16H,2-7,10-13,15H2,1H3,(H,19,20);1H. The summed E-state index contributed by atoms with van der Waals surface area (Å²) in [7, 11) is 0. The summed E-state index contributed by atoms with van der Waals surface area (Å²) >= 11 is 0. The maximum atomic E-state index is 5.72. The topological polar surface area (TPSA) is 44.0 Å². The Bertz CT molecular complexity index is 479. The van der Waals surface area contributed by atoms with Gasteiger partial charge in [0, 0.05) is 19.6 Å². The van der Waals surface area contributed by atoms with Crippen molar-refractivity contribution in [3.63, 3.8) is 0 Å². The van der Waals surface area contributed by atoms with Gasteiger partial charge in [-0.15, -0.1) is 24.0 Å². The van der Waals surface area contributed by atoms with Crippen LogP contribution in [0.2, 0.25) is 0 Å². The Morgan fingerprint density at radius 1 is 1.17 bits per heavy atom. The third-order valence-electron chi connectivity index (χ3n) is 4.86. The van der Waals surface area contributed by atoms with Crippen LogP contribution in [-0.4, -0.2) is 55.0 Å². The second-order valence-corrected chi connectivity index (χ2v) is 6.52. The highest BCUT2D eigenvalue weighted by atomic mass is 127. The molecule has 5 nitrogen and oxygen atoms in total. The van der Waals surface area contributed by atoms with E-state index < -0.39 is 0 Å². The van der Waals surface area contributed by atoms with Gasteiger partial charge in [-0.05, 0) is 57.8 Å². The first-order valence-corrected chi connectivity index (χ1v) is 9.19. The summed E-state index contributed by atoms with van der Waals surface area (Å²) in [5.41, 5.74) is 0. The minimum atomic E-state index is 0. The van der Waals surface area contributed by atoms with Gasteiger partial charge in [0.2, 0.25) is 0 Å². The van der Waals surface area contributed by atoms with Crippen molar-refractivity contribution in [2.24, 2.45) is 4.99 Å². The van der Waals surface area contributed by atoms with Gasteiger partial charge in [-0.2, -0.15) is 0 Å². The van der Waals surface area contributed by atoms with Crippen LogP contribution in [0, 0.1) is 0 Å². The Morgan fingerprint density at radius 3 is 2.50 bits per heavy atom. The average Bonchev–Trinajstić information content (AvgIpc) is 3.29. The van der Waals surface area contributed by atoms with Crippen molar-refractivity contribution in [2.75, 3.05) is 39.3 Å². The molecule has 0 radical (unpaired) electrons. The van der Waals surface area contributed by atoms with E-state index in [1.807, 2.05) is 6.07 Å². The van der Waals surface area contributed by atoms with Gasteiger partial charge < -0.3 is 14.6 Å². The van der Waals surface area contributed by atoms with Crippen molar-refractivity contribution in [1.82, 2.24) is 15.1 Å². The van der Waals surface area contributed by atoms with Crippen LogP contribution in [0.3, 0.4) is 0 Å². The van der Waals surface area contributed by atoms with Gasteiger partial charge >= 0.3 is 0 Å². The second kappa shape index (κ2) is 10.3. The summed E-state index contributed by atoms with van der Waals surface area (Å²) in [6, 6.07) is 4.35. The van der Waals surface area contributed by atoms with Crippen LogP contribution in [-0.2, 0) is 0 Å². The molecule has 6 heteroatoms. The van der Waals surface area contributed by atoms with Crippen molar-refractivity contribution in [3.8, 4) is 0 Å².